The van der Waals surface area contributed by atoms with Gasteiger partial charge in [-0.2, -0.15) is 0 Å². The average molecular weight is 262 g/mol. The van der Waals surface area contributed by atoms with Crippen molar-refractivity contribution in [1.82, 2.24) is 14.8 Å². The molecule has 0 fully saturated rings. The molecule has 1 unspecified atom stereocenters. The zero-order chi connectivity index (χ0) is 12.5. The van der Waals surface area contributed by atoms with E-state index in [1.165, 1.54) is 0 Å². The van der Waals surface area contributed by atoms with Crippen LogP contribution in [0.5, 0.6) is 0 Å². The molecule has 0 aliphatic carbocycles. The largest absolute Gasteiger partial charge is 0.467 e. The molecule has 0 saturated carbocycles. The summed E-state index contributed by atoms with van der Waals surface area (Å²) < 4.78 is 7.49. The number of furan rings is 1. The molecule has 3 heterocycles. The van der Waals surface area contributed by atoms with E-state index in [1.54, 1.807) is 17.6 Å². The Morgan fingerprint density at radius 1 is 1.61 bits per heavy atom. The Kier molecular flexibility index (Phi) is 2.91. The Morgan fingerprint density at radius 2 is 2.50 bits per heavy atom. The van der Waals surface area contributed by atoms with E-state index >= 15 is 0 Å². The first-order chi connectivity index (χ1) is 8.78. The summed E-state index contributed by atoms with van der Waals surface area (Å²) in [4.78, 5) is 5.54. The van der Waals surface area contributed by atoms with Crippen LogP contribution >= 0.6 is 11.3 Å². The lowest BCUT2D eigenvalue weighted by molar-refractivity contribution is 0.411. The van der Waals surface area contributed by atoms with Crippen molar-refractivity contribution in [3.8, 4) is 0 Å². The van der Waals surface area contributed by atoms with E-state index in [9.17, 15) is 0 Å². The van der Waals surface area contributed by atoms with E-state index < -0.39 is 0 Å². The van der Waals surface area contributed by atoms with Crippen LogP contribution in [0, 0.1) is 6.92 Å². The number of imidazole rings is 1. The molecule has 1 atom stereocenters. The lowest BCUT2D eigenvalue weighted by Crippen LogP contribution is -2.29. The Morgan fingerprint density at radius 3 is 3.17 bits per heavy atom. The van der Waals surface area contributed by atoms with Crippen molar-refractivity contribution in [3.05, 3.63) is 47.1 Å². The number of rotatable bonds is 4. The molecule has 3 aromatic heterocycles. The van der Waals surface area contributed by atoms with Crippen molar-refractivity contribution >= 4 is 16.3 Å². The molecule has 3 aromatic rings. The zero-order valence-corrected chi connectivity index (χ0v) is 10.8. The molecule has 0 aliphatic heterocycles. The molecular weight excluding hydrogens is 248 g/mol. The van der Waals surface area contributed by atoms with Gasteiger partial charge in [-0.25, -0.2) is 10.4 Å². The van der Waals surface area contributed by atoms with Gasteiger partial charge in [0, 0.05) is 24.2 Å². The fourth-order valence-electron chi connectivity index (χ4n) is 2.05. The highest BCUT2D eigenvalue weighted by molar-refractivity contribution is 7.15. The second kappa shape index (κ2) is 4.56. The number of hydrogen-bond donors (Lipinski definition) is 2. The Bertz CT molecular complexity index is 625. The number of aromatic nitrogens is 2. The molecule has 0 spiro atoms. The first-order valence-electron chi connectivity index (χ1n) is 5.69. The molecule has 18 heavy (non-hydrogen) atoms. The topological polar surface area (TPSA) is 68.5 Å². The van der Waals surface area contributed by atoms with Crippen LogP contribution in [0.15, 0.2) is 34.5 Å². The van der Waals surface area contributed by atoms with Crippen LogP contribution in [0.2, 0.25) is 0 Å². The number of thiazole rings is 1. The van der Waals surface area contributed by atoms with Crippen molar-refractivity contribution in [2.75, 3.05) is 0 Å². The maximum atomic E-state index is 5.61. The molecule has 0 aliphatic rings. The van der Waals surface area contributed by atoms with Gasteiger partial charge in [-0.05, 0) is 18.6 Å². The monoisotopic (exact) mass is 262 g/mol. The second-order valence-electron chi connectivity index (χ2n) is 4.22. The smallest absolute Gasteiger partial charge is 0.193 e. The van der Waals surface area contributed by atoms with Gasteiger partial charge < -0.3 is 4.42 Å². The summed E-state index contributed by atoms with van der Waals surface area (Å²) in [7, 11) is 0. The molecule has 3 rings (SSSR count). The van der Waals surface area contributed by atoms with Crippen molar-refractivity contribution < 1.29 is 4.42 Å². The van der Waals surface area contributed by atoms with Crippen LogP contribution in [0.4, 0.5) is 0 Å². The summed E-state index contributed by atoms with van der Waals surface area (Å²) in [5, 5.41) is 2.02. The normalized spacial score (nSPS) is 13.2. The van der Waals surface area contributed by atoms with Gasteiger partial charge in [-0.1, -0.05) is 0 Å². The van der Waals surface area contributed by atoms with E-state index in [2.05, 4.69) is 10.4 Å². The highest BCUT2D eigenvalue weighted by atomic mass is 32.1. The van der Waals surface area contributed by atoms with Crippen LogP contribution in [0.3, 0.4) is 0 Å². The number of aryl methyl sites for hydroxylation is 1. The summed E-state index contributed by atoms with van der Waals surface area (Å²) in [5.74, 6) is 6.48. The van der Waals surface area contributed by atoms with E-state index in [0.717, 1.165) is 22.0 Å². The van der Waals surface area contributed by atoms with E-state index in [0.29, 0.717) is 6.42 Å². The Hall–Kier alpha value is -1.63. The second-order valence-corrected chi connectivity index (χ2v) is 5.09. The zero-order valence-electron chi connectivity index (χ0n) is 9.96. The molecule has 6 heteroatoms. The molecule has 3 N–H and O–H groups in total. The third-order valence-electron chi connectivity index (χ3n) is 2.98. The first-order valence-corrected chi connectivity index (χ1v) is 6.57. The predicted molar refractivity (Wildman–Crippen MR) is 70.3 cm³/mol. The third kappa shape index (κ3) is 1.94. The maximum absolute atomic E-state index is 5.61. The highest BCUT2D eigenvalue weighted by Gasteiger charge is 2.17. The van der Waals surface area contributed by atoms with E-state index in [4.69, 9.17) is 10.3 Å². The minimum absolute atomic E-state index is 0.0513. The summed E-state index contributed by atoms with van der Waals surface area (Å²) in [6, 6.07) is 1.88. The van der Waals surface area contributed by atoms with E-state index in [-0.39, 0.29) is 6.04 Å². The molecule has 0 saturated heterocycles. The quantitative estimate of drug-likeness (QED) is 0.557. The van der Waals surface area contributed by atoms with Crippen molar-refractivity contribution in [1.29, 1.82) is 0 Å². The maximum Gasteiger partial charge on any atom is 0.193 e. The minimum atomic E-state index is -0.0513. The Labute approximate surface area is 108 Å². The predicted octanol–water partition coefficient (Wildman–Crippen LogP) is 2.04. The lowest BCUT2D eigenvalue weighted by atomic mass is 10.1. The molecule has 0 radical (unpaired) electrons. The molecule has 0 amide bonds. The molecule has 0 bridgehead atoms. The summed E-state index contributed by atoms with van der Waals surface area (Å²) in [6.07, 6.45) is 6.41. The van der Waals surface area contributed by atoms with Crippen LogP contribution in [0.25, 0.3) is 4.96 Å². The molecular formula is C12H14N4OS. The number of fused-ring (bicyclic) bond motifs is 1. The van der Waals surface area contributed by atoms with Gasteiger partial charge in [0.1, 0.15) is 5.76 Å². The van der Waals surface area contributed by atoms with Crippen molar-refractivity contribution in [3.63, 3.8) is 0 Å². The van der Waals surface area contributed by atoms with Gasteiger partial charge >= 0.3 is 0 Å². The fourth-order valence-corrected chi connectivity index (χ4v) is 2.77. The lowest BCUT2D eigenvalue weighted by Gasteiger charge is -2.12. The number of nitrogens with zero attached hydrogens (tertiary/aromatic N) is 2. The van der Waals surface area contributed by atoms with Gasteiger partial charge in [0.15, 0.2) is 4.96 Å². The van der Waals surface area contributed by atoms with Gasteiger partial charge in [0.2, 0.25) is 0 Å². The number of hydrogen-bond acceptors (Lipinski definition) is 5. The number of nitrogens with one attached hydrogen (secondary N) is 1. The average Bonchev–Trinajstić information content (AvgIpc) is 3.01. The van der Waals surface area contributed by atoms with Crippen molar-refractivity contribution in [2.45, 2.75) is 19.4 Å². The number of nitrogens with two attached hydrogens (primary N) is 1. The minimum Gasteiger partial charge on any atom is -0.467 e. The van der Waals surface area contributed by atoms with Gasteiger partial charge in [0.05, 0.1) is 18.0 Å². The fraction of sp³-hybridized carbons (Fsp3) is 0.250. The molecule has 0 aromatic carbocycles. The summed E-state index contributed by atoms with van der Waals surface area (Å²) >= 11 is 1.62. The van der Waals surface area contributed by atoms with E-state index in [1.807, 2.05) is 35.2 Å². The van der Waals surface area contributed by atoms with Crippen molar-refractivity contribution in [2.24, 2.45) is 5.84 Å². The molecule has 94 valence electrons. The van der Waals surface area contributed by atoms with Gasteiger partial charge in [0.25, 0.3) is 0 Å². The third-order valence-corrected chi connectivity index (χ3v) is 3.75. The number of hydrazine groups is 1. The Balaban J connectivity index is 1.86. The molecule has 5 nitrogen and oxygen atoms in total. The van der Waals surface area contributed by atoms with Gasteiger partial charge in [-0.15, -0.1) is 11.3 Å². The standard InChI is InChI=1S/C12H14N4OS/c1-8-2-4-17-11(8)10(15-13)6-9-7-16-3-5-18-12(16)14-9/h2-5,7,10,15H,6,13H2,1H3. The first kappa shape index (κ1) is 11.5. The highest BCUT2D eigenvalue weighted by Crippen LogP contribution is 2.22. The van der Waals surface area contributed by atoms with Crippen LogP contribution < -0.4 is 11.3 Å². The summed E-state index contributed by atoms with van der Waals surface area (Å²) in [5.41, 5.74) is 4.89. The SMILES string of the molecule is Cc1ccoc1C(Cc1cn2ccsc2n1)NN. The van der Waals surface area contributed by atoms with Crippen LogP contribution in [-0.4, -0.2) is 9.38 Å². The van der Waals surface area contributed by atoms with Crippen LogP contribution in [-0.2, 0) is 6.42 Å². The van der Waals surface area contributed by atoms with Gasteiger partial charge in [-0.3, -0.25) is 10.2 Å². The summed E-state index contributed by atoms with van der Waals surface area (Å²) in [6.45, 7) is 2.01. The van der Waals surface area contributed by atoms with Crippen LogP contribution in [0.1, 0.15) is 23.1 Å².